The van der Waals surface area contributed by atoms with E-state index in [1.165, 1.54) is 4.31 Å². The van der Waals surface area contributed by atoms with E-state index in [2.05, 4.69) is 4.90 Å². The molecule has 0 N–H and O–H groups in total. The molecule has 3 rings (SSSR count). The van der Waals surface area contributed by atoms with Gasteiger partial charge in [-0.3, -0.25) is 4.90 Å². The summed E-state index contributed by atoms with van der Waals surface area (Å²) in [6.07, 6.45) is 0. The van der Waals surface area contributed by atoms with Gasteiger partial charge in [0.25, 0.3) is 0 Å². The van der Waals surface area contributed by atoms with Crippen molar-refractivity contribution in [1.82, 2.24) is 9.21 Å². The van der Waals surface area contributed by atoms with Crippen LogP contribution in [0.15, 0.2) is 47.4 Å². The van der Waals surface area contributed by atoms with Gasteiger partial charge in [0.1, 0.15) is 28.9 Å². The minimum atomic E-state index is -3.99. The van der Waals surface area contributed by atoms with Gasteiger partial charge in [0, 0.05) is 38.8 Å². The number of sulfonamides is 1. The first-order chi connectivity index (χ1) is 12.9. The van der Waals surface area contributed by atoms with E-state index < -0.39 is 26.6 Å². The average molecular weight is 417 g/mol. The first-order valence-corrected chi connectivity index (χ1v) is 10.2. The van der Waals surface area contributed by atoms with Crippen LogP contribution in [0.4, 0.5) is 8.78 Å². The highest BCUT2D eigenvalue weighted by atomic mass is 35.5. The van der Waals surface area contributed by atoms with Crippen molar-refractivity contribution >= 4 is 21.6 Å². The second-order valence-electron chi connectivity index (χ2n) is 6.10. The molecular weight excluding hydrogens is 398 g/mol. The number of halogens is 3. The summed E-state index contributed by atoms with van der Waals surface area (Å²) in [6.45, 7) is 2.48. The fourth-order valence-corrected chi connectivity index (χ4v) is 4.52. The first-order valence-electron chi connectivity index (χ1n) is 8.43. The molecule has 1 aliphatic heterocycles. The molecule has 1 aliphatic rings. The fraction of sp³-hybridized carbons (Fsp3) is 0.333. The Morgan fingerprint density at radius 1 is 1.04 bits per heavy atom. The van der Waals surface area contributed by atoms with Gasteiger partial charge in [-0.05, 0) is 24.3 Å². The molecular formula is C18H19ClF2N2O3S. The monoisotopic (exact) mass is 416 g/mol. The number of para-hydroxylation sites is 1. The van der Waals surface area contributed by atoms with Crippen molar-refractivity contribution in [3.8, 4) is 5.75 Å². The Morgan fingerprint density at radius 3 is 2.41 bits per heavy atom. The second-order valence-corrected chi connectivity index (χ2v) is 8.41. The zero-order chi connectivity index (χ0) is 19.4. The standard InChI is InChI=1S/C18H19ClF2N2O3S/c19-15-3-1-2-4-17(15)26-12-11-22-7-9-23(10-8-22)27(24,25)18-6-5-14(20)13-16(18)21/h1-6,13H,7-12H2. The van der Waals surface area contributed by atoms with Gasteiger partial charge in [0.2, 0.25) is 10.0 Å². The molecule has 146 valence electrons. The number of ether oxygens (including phenoxy) is 1. The van der Waals surface area contributed by atoms with Crippen LogP contribution in [0.5, 0.6) is 5.75 Å². The van der Waals surface area contributed by atoms with Crippen LogP contribution < -0.4 is 4.74 Å². The molecule has 27 heavy (non-hydrogen) atoms. The predicted molar refractivity (Wildman–Crippen MR) is 98.5 cm³/mol. The molecule has 2 aromatic rings. The van der Waals surface area contributed by atoms with Crippen molar-refractivity contribution in [2.24, 2.45) is 0 Å². The van der Waals surface area contributed by atoms with E-state index in [4.69, 9.17) is 16.3 Å². The van der Waals surface area contributed by atoms with E-state index in [-0.39, 0.29) is 13.1 Å². The van der Waals surface area contributed by atoms with Crippen LogP contribution in [0.3, 0.4) is 0 Å². The molecule has 0 unspecified atom stereocenters. The quantitative estimate of drug-likeness (QED) is 0.726. The van der Waals surface area contributed by atoms with E-state index in [0.29, 0.717) is 43.1 Å². The second kappa shape index (κ2) is 8.52. The molecule has 0 amide bonds. The van der Waals surface area contributed by atoms with E-state index in [1.54, 1.807) is 12.1 Å². The third kappa shape index (κ3) is 4.76. The van der Waals surface area contributed by atoms with Crippen LogP contribution in [0.25, 0.3) is 0 Å². The van der Waals surface area contributed by atoms with E-state index in [9.17, 15) is 17.2 Å². The third-order valence-electron chi connectivity index (χ3n) is 4.34. The Bertz CT molecular complexity index is 903. The lowest BCUT2D eigenvalue weighted by Crippen LogP contribution is -2.49. The van der Waals surface area contributed by atoms with Gasteiger partial charge in [-0.25, -0.2) is 17.2 Å². The summed E-state index contributed by atoms with van der Waals surface area (Å²) in [6, 6.07) is 9.66. The van der Waals surface area contributed by atoms with Crippen molar-refractivity contribution in [2.75, 3.05) is 39.3 Å². The molecule has 1 saturated heterocycles. The minimum Gasteiger partial charge on any atom is -0.491 e. The number of nitrogens with zero attached hydrogens (tertiary/aromatic N) is 2. The van der Waals surface area contributed by atoms with Gasteiger partial charge in [-0.15, -0.1) is 0 Å². The molecule has 0 bridgehead atoms. The maximum Gasteiger partial charge on any atom is 0.246 e. The summed E-state index contributed by atoms with van der Waals surface area (Å²) in [5, 5.41) is 0.537. The van der Waals surface area contributed by atoms with Crippen molar-refractivity contribution in [3.05, 3.63) is 59.1 Å². The van der Waals surface area contributed by atoms with Gasteiger partial charge < -0.3 is 4.74 Å². The molecule has 9 heteroatoms. The number of hydrogen-bond acceptors (Lipinski definition) is 4. The number of benzene rings is 2. The Hall–Kier alpha value is -1.74. The summed E-state index contributed by atoms with van der Waals surface area (Å²) in [5.74, 6) is -1.28. The Kier molecular flexibility index (Phi) is 6.31. The van der Waals surface area contributed by atoms with E-state index in [0.717, 1.165) is 12.1 Å². The van der Waals surface area contributed by atoms with Gasteiger partial charge in [-0.2, -0.15) is 4.31 Å². The molecule has 0 spiro atoms. The predicted octanol–water partition coefficient (Wildman–Crippen LogP) is 3.00. The summed E-state index contributed by atoms with van der Waals surface area (Å²) >= 11 is 6.03. The van der Waals surface area contributed by atoms with Crippen LogP contribution >= 0.6 is 11.6 Å². The lowest BCUT2D eigenvalue weighted by molar-refractivity contribution is 0.158. The van der Waals surface area contributed by atoms with E-state index >= 15 is 0 Å². The van der Waals surface area contributed by atoms with Gasteiger partial charge in [0.05, 0.1) is 5.02 Å². The topological polar surface area (TPSA) is 49.9 Å². The van der Waals surface area contributed by atoms with Gasteiger partial charge >= 0.3 is 0 Å². The van der Waals surface area contributed by atoms with Crippen molar-refractivity contribution in [3.63, 3.8) is 0 Å². The SMILES string of the molecule is O=S(=O)(c1ccc(F)cc1F)N1CCN(CCOc2ccccc2Cl)CC1. The Morgan fingerprint density at radius 2 is 1.74 bits per heavy atom. The van der Waals surface area contributed by atoms with Gasteiger partial charge in [0.15, 0.2) is 0 Å². The summed E-state index contributed by atoms with van der Waals surface area (Å²) < 4.78 is 58.9. The highest BCUT2D eigenvalue weighted by Gasteiger charge is 2.30. The van der Waals surface area contributed by atoms with Crippen LogP contribution in [0, 0.1) is 11.6 Å². The number of rotatable bonds is 6. The number of piperazine rings is 1. The third-order valence-corrected chi connectivity index (χ3v) is 6.59. The molecule has 2 aromatic carbocycles. The normalized spacial score (nSPS) is 16.4. The van der Waals surface area contributed by atoms with Crippen LogP contribution in [-0.2, 0) is 10.0 Å². The average Bonchev–Trinajstić information content (AvgIpc) is 2.63. The first kappa shape index (κ1) is 20.0. The van der Waals surface area contributed by atoms with Crippen molar-refractivity contribution in [2.45, 2.75) is 4.90 Å². The highest BCUT2D eigenvalue weighted by Crippen LogP contribution is 2.23. The fourth-order valence-electron chi connectivity index (χ4n) is 2.86. The molecule has 0 radical (unpaired) electrons. The largest absolute Gasteiger partial charge is 0.491 e. The highest BCUT2D eigenvalue weighted by molar-refractivity contribution is 7.89. The lowest BCUT2D eigenvalue weighted by Gasteiger charge is -2.33. The zero-order valence-corrected chi connectivity index (χ0v) is 16.0. The molecule has 1 fully saturated rings. The molecule has 0 atom stereocenters. The number of hydrogen-bond donors (Lipinski definition) is 0. The summed E-state index contributed by atoms with van der Waals surface area (Å²) in [5.41, 5.74) is 0. The Balaban J connectivity index is 1.53. The maximum atomic E-state index is 13.9. The minimum absolute atomic E-state index is 0.227. The van der Waals surface area contributed by atoms with E-state index in [1.807, 2.05) is 12.1 Å². The van der Waals surface area contributed by atoms with Crippen molar-refractivity contribution < 1.29 is 21.9 Å². The maximum absolute atomic E-state index is 13.9. The summed E-state index contributed by atoms with van der Waals surface area (Å²) in [4.78, 5) is 1.56. The molecule has 1 heterocycles. The van der Waals surface area contributed by atoms with Crippen LogP contribution in [0.1, 0.15) is 0 Å². The molecule has 0 saturated carbocycles. The smallest absolute Gasteiger partial charge is 0.246 e. The van der Waals surface area contributed by atoms with Crippen LogP contribution in [-0.4, -0.2) is 57.0 Å². The van der Waals surface area contributed by atoms with Crippen molar-refractivity contribution in [1.29, 1.82) is 0 Å². The Labute approximate surface area is 162 Å². The molecule has 0 aromatic heterocycles. The summed E-state index contributed by atoms with van der Waals surface area (Å²) in [7, 11) is -3.99. The lowest BCUT2D eigenvalue weighted by atomic mass is 10.3. The molecule has 5 nitrogen and oxygen atoms in total. The van der Waals surface area contributed by atoms with Gasteiger partial charge in [-0.1, -0.05) is 23.7 Å². The van der Waals surface area contributed by atoms with Crippen LogP contribution in [0.2, 0.25) is 5.02 Å². The zero-order valence-electron chi connectivity index (χ0n) is 14.4. The molecule has 0 aliphatic carbocycles.